The van der Waals surface area contributed by atoms with Gasteiger partial charge in [0.1, 0.15) is 14.6 Å². The molecule has 0 amide bonds. The van der Waals surface area contributed by atoms with Crippen molar-refractivity contribution in [3.05, 3.63) is 15.8 Å². The summed E-state index contributed by atoms with van der Waals surface area (Å²) in [5.74, 6) is -1.56. The zero-order chi connectivity index (χ0) is 14.6. The van der Waals surface area contributed by atoms with Crippen LogP contribution in [0.5, 0.6) is 0 Å². The fraction of sp³-hybridized carbons (Fsp3) is 0.400. The van der Waals surface area contributed by atoms with E-state index in [-0.39, 0.29) is 23.0 Å². The summed E-state index contributed by atoms with van der Waals surface area (Å²) < 4.78 is 32.2. The van der Waals surface area contributed by atoms with Gasteiger partial charge in [0, 0.05) is 0 Å². The van der Waals surface area contributed by atoms with E-state index >= 15 is 0 Å². The lowest BCUT2D eigenvalue weighted by molar-refractivity contribution is 0.0521. The van der Waals surface area contributed by atoms with Crippen LogP contribution in [0.2, 0.25) is 0 Å². The van der Waals surface area contributed by atoms with Crippen molar-refractivity contribution in [2.45, 2.75) is 18.7 Å². The molecule has 0 atom stereocenters. The topological polar surface area (TPSA) is 113 Å². The number of hydrogen-bond donors (Lipinski definition) is 1. The Balaban J connectivity index is 3.28. The fourth-order valence-corrected chi connectivity index (χ4v) is 3.24. The predicted octanol–water partition coefficient (Wildman–Crippen LogP) is 0.749. The monoisotopic (exact) mass is 307 g/mol. The molecule has 106 valence electrons. The van der Waals surface area contributed by atoms with Gasteiger partial charge in [0.2, 0.25) is 10.0 Å². The first kappa shape index (κ1) is 15.6. The summed E-state index contributed by atoms with van der Waals surface area (Å²) in [5, 5.41) is 5.00. The molecule has 0 bridgehead atoms. The van der Waals surface area contributed by atoms with Crippen LogP contribution in [-0.4, -0.2) is 33.6 Å². The third-order valence-corrected chi connectivity index (χ3v) is 4.10. The Labute approximate surface area is 114 Å². The smallest absolute Gasteiger partial charge is 0.349 e. The SMILES string of the molecule is CCOC(=O)c1cc(S(N)(=O)=O)c(C(=O)OCC)s1. The lowest BCUT2D eigenvalue weighted by Crippen LogP contribution is -2.15. The third kappa shape index (κ3) is 3.75. The van der Waals surface area contributed by atoms with Crippen LogP contribution in [-0.2, 0) is 19.5 Å². The van der Waals surface area contributed by atoms with Crippen molar-refractivity contribution in [3.63, 3.8) is 0 Å². The van der Waals surface area contributed by atoms with Gasteiger partial charge < -0.3 is 9.47 Å². The number of primary sulfonamides is 1. The molecule has 9 heteroatoms. The molecule has 2 N–H and O–H groups in total. The minimum atomic E-state index is -4.12. The summed E-state index contributed by atoms with van der Waals surface area (Å²) in [7, 11) is -4.12. The number of carbonyl (C=O) groups excluding carboxylic acids is 2. The minimum absolute atomic E-state index is 0.0195. The highest BCUT2D eigenvalue weighted by Gasteiger charge is 2.27. The molecule has 0 aliphatic rings. The number of hydrogen-bond acceptors (Lipinski definition) is 7. The molecule has 0 aromatic carbocycles. The molecule has 0 fully saturated rings. The predicted molar refractivity (Wildman–Crippen MR) is 67.6 cm³/mol. The first-order chi connectivity index (χ1) is 8.81. The maximum Gasteiger partial charge on any atom is 0.349 e. The van der Waals surface area contributed by atoms with Crippen LogP contribution >= 0.6 is 11.3 Å². The van der Waals surface area contributed by atoms with Crippen molar-refractivity contribution in [3.8, 4) is 0 Å². The first-order valence-corrected chi connectivity index (χ1v) is 7.68. The van der Waals surface area contributed by atoms with Crippen LogP contribution < -0.4 is 5.14 Å². The molecule has 0 unspecified atom stereocenters. The van der Waals surface area contributed by atoms with Gasteiger partial charge in [0.15, 0.2) is 0 Å². The van der Waals surface area contributed by atoms with Crippen molar-refractivity contribution in [1.82, 2.24) is 0 Å². The summed E-state index contributed by atoms with van der Waals surface area (Å²) in [6.45, 7) is 3.40. The molecular weight excluding hydrogens is 294 g/mol. The Morgan fingerprint density at radius 3 is 2.21 bits per heavy atom. The quantitative estimate of drug-likeness (QED) is 0.803. The number of carbonyl (C=O) groups is 2. The number of ether oxygens (including phenoxy) is 2. The van der Waals surface area contributed by atoms with E-state index in [4.69, 9.17) is 14.6 Å². The highest BCUT2D eigenvalue weighted by Crippen LogP contribution is 2.27. The first-order valence-electron chi connectivity index (χ1n) is 5.32. The summed E-state index contributed by atoms with van der Waals surface area (Å²) in [6.07, 6.45) is 0. The van der Waals surface area contributed by atoms with Crippen LogP contribution in [0.1, 0.15) is 33.2 Å². The molecule has 0 aliphatic carbocycles. The largest absolute Gasteiger partial charge is 0.462 e. The Morgan fingerprint density at radius 1 is 1.21 bits per heavy atom. The van der Waals surface area contributed by atoms with Gasteiger partial charge in [-0.15, -0.1) is 11.3 Å². The van der Waals surface area contributed by atoms with Gasteiger partial charge in [0.05, 0.1) is 13.2 Å². The van der Waals surface area contributed by atoms with Crippen molar-refractivity contribution < 1.29 is 27.5 Å². The van der Waals surface area contributed by atoms with E-state index in [9.17, 15) is 18.0 Å². The summed E-state index contributed by atoms with van der Waals surface area (Å²) >= 11 is 0.674. The number of rotatable bonds is 5. The van der Waals surface area contributed by atoms with Gasteiger partial charge in [-0.1, -0.05) is 0 Å². The second kappa shape index (κ2) is 6.13. The van der Waals surface area contributed by atoms with Crippen molar-refractivity contribution in [2.24, 2.45) is 5.14 Å². The van der Waals surface area contributed by atoms with Crippen LogP contribution in [0.25, 0.3) is 0 Å². The molecule has 1 aromatic heterocycles. The van der Waals surface area contributed by atoms with Gasteiger partial charge in [-0.05, 0) is 19.9 Å². The Morgan fingerprint density at radius 2 is 1.74 bits per heavy atom. The van der Waals surface area contributed by atoms with Crippen LogP contribution in [0.4, 0.5) is 0 Å². The fourth-order valence-electron chi connectivity index (χ4n) is 1.23. The minimum Gasteiger partial charge on any atom is -0.462 e. The van der Waals surface area contributed by atoms with Gasteiger partial charge >= 0.3 is 11.9 Å². The van der Waals surface area contributed by atoms with Crippen molar-refractivity contribution in [2.75, 3.05) is 13.2 Å². The van der Waals surface area contributed by atoms with E-state index in [0.717, 1.165) is 6.07 Å². The summed E-state index contributed by atoms with van der Waals surface area (Å²) in [4.78, 5) is 22.5. The van der Waals surface area contributed by atoms with E-state index in [1.165, 1.54) is 0 Å². The van der Waals surface area contributed by atoms with Crippen molar-refractivity contribution >= 4 is 33.3 Å². The molecular formula is C10H13NO6S2. The number of esters is 2. The molecule has 0 spiro atoms. The number of nitrogens with two attached hydrogens (primary N) is 1. The molecule has 7 nitrogen and oxygen atoms in total. The van der Waals surface area contributed by atoms with Gasteiger partial charge in [-0.2, -0.15) is 0 Å². The standard InChI is InChI=1S/C10H13NO6S2/c1-3-16-9(12)6-5-7(19(11,14)15)8(18-6)10(13)17-4-2/h5H,3-4H2,1-2H3,(H2,11,14,15). The van der Waals surface area contributed by atoms with E-state index in [0.29, 0.717) is 11.3 Å². The maximum atomic E-state index is 11.6. The second-order valence-corrected chi connectivity index (χ2v) is 5.87. The van der Waals surface area contributed by atoms with Crippen molar-refractivity contribution in [1.29, 1.82) is 0 Å². The highest BCUT2D eigenvalue weighted by molar-refractivity contribution is 7.89. The van der Waals surface area contributed by atoms with Gasteiger partial charge in [0.25, 0.3) is 0 Å². The Kier molecular flexibility index (Phi) is 5.04. The van der Waals surface area contributed by atoms with Crippen LogP contribution in [0, 0.1) is 0 Å². The summed E-state index contributed by atoms with van der Waals surface area (Å²) in [6, 6.07) is 1.02. The normalized spacial score (nSPS) is 11.1. The van der Waals surface area contributed by atoms with E-state index < -0.39 is 26.9 Å². The zero-order valence-electron chi connectivity index (χ0n) is 10.3. The average molecular weight is 307 g/mol. The highest BCUT2D eigenvalue weighted by atomic mass is 32.2. The summed E-state index contributed by atoms with van der Waals surface area (Å²) in [5.41, 5.74) is 0. The maximum absolute atomic E-state index is 11.6. The number of thiophene rings is 1. The second-order valence-electron chi connectivity index (χ2n) is 3.29. The molecule has 0 saturated carbocycles. The number of sulfonamides is 1. The van der Waals surface area contributed by atoms with Crippen LogP contribution in [0.15, 0.2) is 11.0 Å². The van der Waals surface area contributed by atoms with Crippen LogP contribution in [0.3, 0.4) is 0 Å². The van der Waals surface area contributed by atoms with E-state index in [2.05, 4.69) is 0 Å². The Bertz CT molecular complexity index is 589. The average Bonchev–Trinajstić information content (AvgIpc) is 2.74. The molecule has 0 saturated heterocycles. The van der Waals surface area contributed by atoms with Gasteiger partial charge in [-0.3, -0.25) is 0 Å². The molecule has 0 aliphatic heterocycles. The molecule has 0 radical (unpaired) electrons. The molecule has 1 heterocycles. The molecule has 19 heavy (non-hydrogen) atoms. The van der Waals surface area contributed by atoms with E-state index in [1.54, 1.807) is 13.8 Å². The lowest BCUT2D eigenvalue weighted by atomic mass is 10.4. The molecule has 1 rings (SSSR count). The van der Waals surface area contributed by atoms with Gasteiger partial charge in [-0.25, -0.2) is 23.1 Å². The molecule has 1 aromatic rings. The Hall–Kier alpha value is -1.45. The third-order valence-electron chi connectivity index (χ3n) is 1.94. The lowest BCUT2D eigenvalue weighted by Gasteiger charge is -2.00. The zero-order valence-corrected chi connectivity index (χ0v) is 12.0. The van der Waals surface area contributed by atoms with E-state index in [1.807, 2.05) is 0 Å².